The maximum atomic E-state index is 5.12. The van der Waals surface area contributed by atoms with Gasteiger partial charge in [-0.2, -0.15) is 0 Å². The molecular formula is C26H27N. The Balaban J connectivity index is 2.33. The van der Waals surface area contributed by atoms with Crippen LogP contribution >= 0.6 is 0 Å². The Labute approximate surface area is 162 Å². The molecule has 4 rings (SSSR count). The molecule has 0 radical (unpaired) electrons. The predicted octanol–water partition coefficient (Wildman–Crippen LogP) is 7.21. The third-order valence-electron chi connectivity index (χ3n) is 5.58. The van der Waals surface area contributed by atoms with E-state index in [-0.39, 0.29) is 0 Å². The van der Waals surface area contributed by atoms with E-state index in [1.807, 2.05) is 0 Å². The van der Waals surface area contributed by atoms with Gasteiger partial charge in [-0.3, -0.25) is 0 Å². The molecule has 0 unspecified atom stereocenters. The van der Waals surface area contributed by atoms with Crippen molar-refractivity contribution in [2.24, 2.45) is 0 Å². The average molecular weight is 354 g/mol. The van der Waals surface area contributed by atoms with Crippen LogP contribution in [0.5, 0.6) is 0 Å². The van der Waals surface area contributed by atoms with E-state index in [2.05, 4.69) is 84.9 Å². The molecule has 1 aromatic heterocycles. The molecule has 27 heavy (non-hydrogen) atoms. The van der Waals surface area contributed by atoms with Crippen molar-refractivity contribution in [1.29, 1.82) is 0 Å². The van der Waals surface area contributed by atoms with Crippen molar-refractivity contribution < 1.29 is 0 Å². The number of hydrogen-bond donors (Lipinski definition) is 0. The summed E-state index contributed by atoms with van der Waals surface area (Å²) in [7, 11) is 0. The molecule has 0 fully saturated rings. The van der Waals surface area contributed by atoms with Crippen LogP contribution in [0, 0.1) is 48.5 Å². The van der Waals surface area contributed by atoms with E-state index in [0.29, 0.717) is 0 Å². The number of rotatable bonds is 1. The molecule has 1 nitrogen and oxygen atoms in total. The molecule has 1 heterocycles. The Hall–Kier alpha value is -2.67. The number of aromatic nitrogens is 1. The van der Waals surface area contributed by atoms with Gasteiger partial charge in [0.25, 0.3) is 0 Å². The third kappa shape index (κ3) is 2.82. The molecule has 0 aliphatic heterocycles. The summed E-state index contributed by atoms with van der Waals surface area (Å²) in [4.78, 5) is 5.12. The zero-order valence-corrected chi connectivity index (χ0v) is 17.4. The van der Waals surface area contributed by atoms with Gasteiger partial charge in [0.1, 0.15) is 0 Å². The lowest BCUT2D eigenvalue weighted by Gasteiger charge is -2.19. The van der Waals surface area contributed by atoms with Crippen LogP contribution in [0.3, 0.4) is 0 Å². The molecule has 0 saturated carbocycles. The van der Waals surface area contributed by atoms with E-state index < -0.39 is 0 Å². The van der Waals surface area contributed by atoms with Gasteiger partial charge in [0.2, 0.25) is 0 Å². The number of nitrogens with zero attached hydrogens (tertiary/aromatic N) is 1. The first kappa shape index (κ1) is 17.7. The minimum atomic E-state index is 1.12. The minimum Gasteiger partial charge on any atom is -0.247 e. The lowest BCUT2D eigenvalue weighted by molar-refractivity contribution is 1.31. The highest BCUT2D eigenvalue weighted by Crippen LogP contribution is 2.40. The summed E-state index contributed by atoms with van der Waals surface area (Å²) in [6.07, 6.45) is 0. The van der Waals surface area contributed by atoms with Gasteiger partial charge in [-0.1, -0.05) is 41.0 Å². The van der Waals surface area contributed by atoms with Crippen LogP contribution in [-0.4, -0.2) is 4.98 Å². The first-order chi connectivity index (χ1) is 12.8. The molecule has 1 heteroatoms. The fraction of sp³-hybridized carbons (Fsp3) is 0.269. The van der Waals surface area contributed by atoms with E-state index in [9.17, 15) is 0 Å². The highest BCUT2D eigenvalue weighted by Gasteiger charge is 2.18. The molecule has 0 amide bonds. The largest absolute Gasteiger partial charge is 0.247 e. The van der Waals surface area contributed by atoms with Crippen LogP contribution in [-0.2, 0) is 0 Å². The summed E-state index contributed by atoms with van der Waals surface area (Å²) in [6.45, 7) is 15.4. The topological polar surface area (TPSA) is 12.9 Å². The summed E-state index contributed by atoms with van der Waals surface area (Å²) < 4.78 is 0. The first-order valence-corrected chi connectivity index (χ1v) is 9.66. The van der Waals surface area contributed by atoms with Gasteiger partial charge in [0, 0.05) is 16.3 Å². The van der Waals surface area contributed by atoms with Crippen molar-refractivity contribution in [2.45, 2.75) is 48.5 Å². The van der Waals surface area contributed by atoms with Crippen molar-refractivity contribution in [3.05, 3.63) is 75.3 Å². The Morgan fingerprint density at radius 2 is 0.815 bits per heavy atom. The number of benzene rings is 3. The second-order valence-electron chi connectivity index (χ2n) is 8.22. The average Bonchev–Trinajstić information content (AvgIpc) is 2.54. The molecule has 0 aliphatic carbocycles. The molecule has 3 aromatic carbocycles. The normalized spacial score (nSPS) is 11.5. The zero-order chi connectivity index (χ0) is 19.5. The van der Waals surface area contributed by atoms with Crippen LogP contribution in [0.15, 0.2) is 36.4 Å². The molecule has 4 aromatic rings. The van der Waals surface area contributed by atoms with Crippen LogP contribution in [0.4, 0.5) is 0 Å². The summed E-state index contributed by atoms with van der Waals surface area (Å²) in [6, 6.07) is 13.7. The maximum absolute atomic E-state index is 5.12. The van der Waals surface area contributed by atoms with E-state index in [0.717, 1.165) is 11.0 Å². The second-order valence-corrected chi connectivity index (χ2v) is 8.22. The van der Waals surface area contributed by atoms with Crippen LogP contribution in [0.2, 0.25) is 0 Å². The van der Waals surface area contributed by atoms with Gasteiger partial charge in [0.05, 0.1) is 11.0 Å². The lowest BCUT2D eigenvalue weighted by atomic mass is 9.87. The highest BCUT2D eigenvalue weighted by molar-refractivity contribution is 6.12. The van der Waals surface area contributed by atoms with Crippen LogP contribution < -0.4 is 0 Å². The van der Waals surface area contributed by atoms with Crippen molar-refractivity contribution >= 4 is 21.8 Å². The molecular weight excluding hydrogens is 326 g/mol. The van der Waals surface area contributed by atoms with E-state index in [1.165, 1.54) is 60.8 Å². The Bertz CT molecular complexity index is 1140. The standard InChI is InChI=1S/C26H27N/c1-14-8-17(4)23(18(5)9-14)24-21-12-15(2)10-19(6)25(21)27-26-20(7)11-16(3)13-22(24)26/h8-13H,1-7H3. The van der Waals surface area contributed by atoms with Crippen LogP contribution in [0.1, 0.15) is 38.9 Å². The molecule has 0 bridgehead atoms. The SMILES string of the molecule is Cc1cc(C)c(-c2c3cc(C)cc(C)c3nc3c(C)cc(C)cc23)c(C)c1. The van der Waals surface area contributed by atoms with Crippen LogP contribution in [0.25, 0.3) is 32.9 Å². The predicted molar refractivity (Wildman–Crippen MR) is 118 cm³/mol. The van der Waals surface area contributed by atoms with Crippen molar-refractivity contribution in [3.63, 3.8) is 0 Å². The van der Waals surface area contributed by atoms with Gasteiger partial charge < -0.3 is 0 Å². The molecule has 0 aliphatic rings. The fourth-order valence-electron chi connectivity index (χ4n) is 4.70. The van der Waals surface area contributed by atoms with Gasteiger partial charge in [0.15, 0.2) is 0 Å². The molecule has 0 N–H and O–H groups in total. The van der Waals surface area contributed by atoms with Crippen molar-refractivity contribution in [1.82, 2.24) is 4.98 Å². The second kappa shape index (κ2) is 6.20. The lowest BCUT2D eigenvalue weighted by Crippen LogP contribution is -1.98. The summed E-state index contributed by atoms with van der Waals surface area (Å²) in [5.74, 6) is 0. The van der Waals surface area contributed by atoms with Crippen molar-refractivity contribution in [3.8, 4) is 11.1 Å². The van der Waals surface area contributed by atoms with Gasteiger partial charge in [-0.05, 0) is 88.4 Å². The number of aryl methyl sites for hydroxylation is 7. The Morgan fingerprint density at radius 3 is 1.26 bits per heavy atom. The molecule has 0 atom stereocenters. The Morgan fingerprint density at radius 1 is 0.444 bits per heavy atom. The van der Waals surface area contributed by atoms with Crippen molar-refractivity contribution in [2.75, 3.05) is 0 Å². The quantitative estimate of drug-likeness (QED) is 0.329. The third-order valence-corrected chi connectivity index (χ3v) is 5.58. The molecule has 0 saturated heterocycles. The highest BCUT2D eigenvalue weighted by atomic mass is 14.7. The van der Waals surface area contributed by atoms with Gasteiger partial charge in [-0.15, -0.1) is 0 Å². The Kier molecular flexibility index (Phi) is 4.07. The number of fused-ring (bicyclic) bond motifs is 2. The summed E-state index contributed by atoms with van der Waals surface area (Å²) >= 11 is 0. The van der Waals surface area contributed by atoms with E-state index >= 15 is 0 Å². The first-order valence-electron chi connectivity index (χ1n) is 9.66. The fourth-order valence-corrected chi connectivity index (χ4v) is 4.70. The molecule has 0 spiro atoms. The summed E-state index contributed by atoms with van der Waals surface area (Å²) in [5.41, 5.74) is 14.0. The summed E-state index contributed by atoms with van der Waals surface area (Å²) in [5, 5.41) is 2.53. The zero-order valence-electron chi connectivity index (χ0n) is 17.4. The number of hydrogen-bond acceptors (Lipinski definition) is 1. The number of pyridine rings is 1. The van der Waals surface area contributed by atoms with E-state index in [4.69, 9.17) is 4.98 Å². The van der Waals surface area contributed by atoms with Gasteiger partial charge >= 0.3 is 0 Å². The molecule has 136 valence electrons. The minimum absolute atomic E-state index is 1.12. The maximum Gasteiger partial charge on any atom is 0.0745 e. The monoisotopic (exact) mass is 353 g/mol. The van der Waals surface area contributed by atoms with Gasteiger partial charge in [-0.25, -0.2) is 4.98 Å². The van der Waals surface area contributed by atoms with E-state index in [1.54, 1.807) is 0 Å². The smallest absolute Gasteiger partial charge is 0.0745 e.